The van der Waals surface area contributed by atoms with Crippen molar-refractivity contribution in [2.75, 3.05) is 13.1 Å². The molecule has 0 spiro atoms. The van der Waals surface area contributed by atoms with Crippen molar-refractivity contribution < 1.29 is 19.1 Å². The van der Waals surface area contributed by atoms with E-state index in [2.05, 4.69) is 19.2 Å². The molecule has 0 aliphatic carbocycles. The lowest BCUT2D eigenvalue weighted by Gasteiger charge is -2.18. The molecule has 1 fully saturated rings. The van der Waals surface area contributed by atoms with Crippen molar-refractivity contribution in [3.8, 4) is 0 Å². The van der Waals surface area contributed by atoms with Gasteiger partial charge < -0.3 is 19.7 Å². The molecule has 2 N–H and O–H groups in total. The van der Waals surface area contributed by atoms with E-state index in [-0.39, 0.29) is 18.1 Å². The molecule has 1 saturated heterocycles. The highest BCUT2D eigenvalue weighted by atomic mass is 16.4. The van der Waals surface area contributed by atoms with E-state index in [1.54, 1.807) is 11.8 Å². The van der Waals surface area contributed by atoms with Crippen LogP contribution < -0.4 is 5.32 Å². The van der Waals surface area contributed by atoms with Gasteiger partial charge in [-0.15, -0.1) is 0 Å². The van der Waals surface area contributed by atoms with Crippen LogP contribution in [-0.4, -0.2) is 35.1 Å². The molecule has 1 aliphatic rings. The van der Waals surface area contributed by atoms with Gasteiger partial charge in [0, 0.05) is 13.1 Å². The second kappa shape index (κ2) is 6.20. The molecular weight excluding hydrogens is 272 g/mol. The minimum absolute atomic E-state index is 0.121. The van der Waals surface area contributed by atoms with Gasteiger partial charge >= 0.3 is 12.0 Å². The van der Waals surface area contributed by atoms with E-state index in [9.17, 15) is 9.59 Å². The number of carboxylic acids is 1. The van der Waals surface area contributed by atoms with Crippen LogP contribution in [0.4, 0.5) is 4.79 Å². The number of amides is 2. The minimum atomic E-state index is -1.02. The van der Waals surface area contributed by atoms with E-state index >= 15 is 0 Å². The summed E-state index contributed by atoms with van der Waals surface area (Å²) in [5.41, 5.74) is 0.139. The van der Waals surface area contributed by atoms with Crippen molar-refractivity contribution in [2.45, 2.75) is 33.7 Å². The zero-order chi connectivity index (χ0) is 15.6. The molecule has 1 aromatic rings. The van der Waals surface area contributed by atoms with E-state index < -0.39 is 5.97 Å². The van der Waals surface area contributed by atoms with Crippen LogP contribution >= 0.6 is 0 Å². The molecular formula is C15H22N2O4. The zero-order valence-electron chi connectivity index (χ0n) is 12.7. The average Bonchev–Trinajstić information content (AvgIpc) is 3.02. The fourth-order valence-corrected chi connectivity index (χ4v) is 2.63. The number of nitrogens with one attached hydrogen (secondary N) is 1. The van der Waals surface area contributed by atoms with Gasteiger partial charge in [-0.1, -0.05) is 13.8 Å². The third kappa shape index (κ3) is 3.56. The first-order valence-electron chi connectivity index (χ1n) is 7.24. The smallest absolute Gasteiger partial charge is 0.339 e. The average molecular weight is 294 g/mol. The van der Waals surface area contributed by atoms with E-state index in [1.807, 2.05) is 0 Å². The summed E-state index contributed by atoms with van der Waals surface area (Å²) in [6.07, 6.45) is 1.04. The van der Waals surface area contributed by atoms with Gasteiger partial charge in [0.25, 0.3) is 0 Å². The Balaban J connectivity index is 1.87. The molecule has 0 bridgehead atoms. The van der Waals surface area contributed by atoms with Crippen molar-refractivity contribution in [1.82, 2.24) is 10.2 Å². The molecule has 1 unspecified atom stereocenters. The molecule has 21 heavy (non-hydrogen) atoms. The number of nitrogens with zero attached hydrogens (tertiary/aromatic N) is 1. The quantitative estimate of drug-likeness (QED) is 0.893. The highest BCUT2D eigenvalue weighted by Crippen LogP contribution is 2.23. The van der Waals surface area contributed by atoms with Crippen LogP contribution in [0.2, 0.25) is 0 Å². The number of carbonyl (C=O) groups excluding carboxylic acids is 1. The van der Waals surface area contributed by atoms with Crippen molar-refractivity contribution in [1.29, 1.82) is 0 Å². The van der Waals surface area contributed by atoms with Crippen LogP contribution in [0.5, 0.6) is 0 Å². The Morgan fingerprint density at radius 3 is 2.76 bits per heavy atom. The number of carboxylic acid groups (broad SMARTS) is 1. The highest BCUT2D eigenvalue weighted by molar-refractivity contribution is 5.88. The maximum atomic E-state index is 12.1. The first kappa shape index (κ1) is 15.4. The van der Waals surface area contributed by atoms with Crippen molar-refractivity contribution >= 4 is 12.0 Å². The third-order valence-corrected chi connectivity index (χ3v) is 4.07. The molecule has 2 amide bonds. The van der Waals surface area contributed by atoms with Gasteiger partial charge in [0.05, 0.1) is 6.54 Å². The molecule has 0 saturated carbocycles. The summed E-state index contributed by atoms with van der Waals surface area (Å²) in [6, 6.07) is 1.34. The Morgan fingerprint density at radius 2 is 2.24 bits per heavy atom. The second-order valence-electron chi connectivity index (χ2n) is 5.89. The number of aryl methyl sites for hydroxylation is 1. The Labute approximate surface area is 124 Å². The number of furan rings is 1. The van der Waals surface area contributed by atoms with Gasteiger partial charge in [0.2, 0.25) is 0 Å². The lowest BCUT2D eigenvalue weighted by molar-refractivity contribution is 0.0695. The van der Waals surface area contributed by atoms with E-state index in [0.29, 0.717) is 23.4 Å². The summed E-state index contributed by atoms with van der Waals surface area (Å²) in [6.45, 7) is 7.70. The topological polar surface area (TPSA) is 82.8 Å². The maximum absolute atomic E-state index is 12.1. The molecule has 116 valence electrons. The number of hydrogen-bond acceptors (Lipinski definition) is 3. The molecule has 1 atom stereocenters. The number of urea groups is 1. The first-order valence-corrected chi connectivity index (χ1v) is 7.24. The molecule has 2 rings (SSSR count). The van der Waals surface area contributed by atoms with Crippen LogP contribution in [0.1, 0.15) is 42.1 Å². The highest BCUT2D eigenvalue weighted by Gasteiger charge is 2.28. The van der Waals surface area contributed by atoms with Gasteiger partial charge in [-0.05, 0) is 31.2 Å². The SMILES string of the molecule is Cc1oc(CNC(=O)N2CCC(C(C)C)C2)cc1C(=O)O. The van der Waals surface area contributed by atoms with Gasteiger partial charge in [-0.2, -0.15) is 0 Å². The number of carbonyl (C=O) groups is 2. The Bertz CT molecular complexity index is 536. The second-order valence-corrected chi connectivity index (χ2v) is 5.89. The normalized spacial score (nSPS) is 18.3. The summed E-state index contributed by atoms with van der Waals surface area (Å²) in [5, 5.41) is 11.7. The zero-order valence-corrected chi connectivity index (χ0v) is 12.7. The van der Waals surface area contributed by atoms with Crippen LogP contribution in [-0.2, 0) is 6.54 Å². The predicted octanol–water partition coefficient (Wildman–Crippen LogP) is 2.47. The van der Waals surface area contributed by atoms with Crippen molar-refractivity contribution in [3.05, 3.63) is 23.2 Å². The number of rotatable bonds is 4. The van der Waals surface area contributed by atoms with Crippen LogP contribution in [0, 0.1) is 18.8 Å². The standard InChI is InChI=1S/C15H22N2O4/c1-9(2)11-4-5-17(8-11)15(20)16-7-12-6-13(14(18)19)10(3)21-12/h6,9,11H,4-5,7-8H2,1-3H3,(H,16,20)(H,18,19). The summed E-state index contributed by atoms with van der Waals surface area (Å²) in [4.78, 5) is 24.8. The Morgan fingerprint density at radius 1 is 1.52 bits per heavy atom. The lowest BCUT2D eigenvalue weighted by Crippen LogP contribution is -2.38. The van der Waals surface area contributed by atoms with Gasteiger partial charge in [0.15, 0.2) is 0 Å². The molecule has 1 aliphatic heterocycles. The monoisotopic (exact) mass is 294 g/mol. The van der Waals surface area contributed by atoms with E-state index in [4.69, 9.17) is 9.52 Å². The van der Waals surface area contributed by atoms with Crippen molar-refractivity contribution in [3.63, 3.8) is 0 Å². The molecule has 2 heterocycles. The van der Waals surface area contributed by atoms with Crippen LogP contribution in [0.25, 0.3) is 0 Å². The summed E-state index contributed by atoms with van der Waals surface area (Å²) < 4.78 is 5.33. The number of likely N-dealkylation sites (tertiary alicyclic amines) is 1. The molecule has 6 nitrogen and oxygen atoms in total. The predicted molar refractivity (Wildman–Crippen MR) is 77.2 cm³/mol. The summed E-state index contributed by atoms with van der Waals surface area (Å²) in [7, 11) is 0. The van der Waals surface area contributed by atoms with Gasteiger partial charge in [-0.3, -0.25) is 0 Å². The van der Waals surface area contributed by atoms with E-state index in [1.165, 1.54) is 6.07 Å². The Kier molecular flexibility index (Phi) is 4.55. The van der Waals surface area contributed by atoms with Gasteiger partial charge in [0.1, 0.15) is 17.1 Å². The van der Waals surface area contributed by atoms with Crippen LogP contribution in [0.3, 0.4) is 0 Å². The van der Waals surface area contributed by atoms with Crippen molar-refractivity contribution in [2.24, 2.45) is 11.8 Å². The number of hydrogen-bond donors (Lipinski definition) is 2. The molecule has 0 radical (unpaired) electrons. The Hall–Kier alpha value is -1.98. The van der Waals surface area contributed by atoms with E-state index in [0.717, 1.165) is 19.5 Å². The molecule has 1 aromatic heterocycles. The third-order valence-electron chi connectivity index (χ3n) is 4.07. The minimum Gasteiger partial charge on any atom is -0.478 e. The lowest BCUT2D eigenvalue weighted by atomic mass is 9.95. The molecule has 0 aromatic carbocycles. The van der Waals surface area contributed by atoms with Gasteiger partial charge in [-0.25, -0.2) is 9.59 Å². The summed E-state index contributed by atoms with van der Waals surface area (Å²) >= 11 is 0. The maximum Gasteiger partial charge on any atom is 0.339 e. The van der Waals surface area contributed by atoms with Crippen LogP contribution in [0.15, 0.2) is 10.5 Å². The summed E-state index contributed by atoms with van der Waals surface area (Å²) in [5.74, 6) is 0.924. The number of aromatic carboxylic acids is 1. The largest absolute Gasteiger partial charge is 0.478 e. The molecule has 6 heteroatoms. The fraction of sp³-hybridized carbons (Fsp3) is 0.600. The fourth-order valence-electron chi connectivity index (χ4n) is 2.63. The first-order chi connectivity index (χ1) is 9.88.